The van der Waals surface area contributed by atoms with Gasteiger partial charge >= 0.3 is 0 Å². The number of hydrogen-bond acceptors (Lipinski definition) is 2. The van der Waals surface area contributed by atoms with E-state index in [1.54, 1.807) is 6.92 Å². The first kappa shape index (κ1) is 11.5. The Morgan fingerprint density at radius 2 is 1.93 bits per heavy atom. The maximum absolute atomic E-state index is 11.3. The van der Waals surface area contributed by atoms with Crippen molar-refractivity contribution in [2.75, 3.05) is 0 Å². The first-order chi connectivity index (χ1) is 6.41. The lowest BCUT2D eigenvalue weighted by atomic mass is 9.75. The van der Waals surface area contributed by atoms with Crippen LogP contribution in [0.5, 0.6) is 0 Å². The predicted molar refractivity (Wildman–Crippen MR) is 57.8 cm³/mol. The Balaban J connectivity index is 2.33. The molecule has 82 valence electrons. The highest BCUT2D eigenvalue weighted by atomic mass is 16.2. The van der Waals surface area contributed by atoms with Gasteiger partial charge in [0.15, 0.2) is 0 Å². The van der Waals surface area contributed by atoms with Gasteiger partial charge in [0.25, 0.3) is 0 Å². The van der Waals surface area contributed by atoms with Gasteiger partial charge < -0.3 is 11.1 Å². The molecule has 0 aromatic heterocycles. The van der Waals surface area contributed by atoms with E-state index in [1.807, 2.05) is 0 Å². The lowest BCUT2D eigenvalue weighted by molar-refractivity contribution is -0.123. The van der Waals surface area contributed by atoms with Crippen LogP contribution < -0.4 is 11.1 Å². The molecule has 1 aliphatic rings. The van der Waals surface area contributed by atoms with Gasteiger partial charge in [0, 0.05) is 6.04 Å². The van der Waals surface area contributed by atoms with E-state index < -0.39 is 0 Å². The molecule has 1 unspecified atom stereocenters. The van der Waals surface area contributed by atoms with Gasteiger partial charge in [0.2, 0.25) is 5.91 Å². The smallest absolute Gasteiger partial charge is 0.236 e. The van der Waals surface area contributed by atoms with Gasteiger partial charge in [-0.25, -0.2) is 0 Å². The summed E-state index contributed by atoms with van der Waals surface area (Å²) >= 11 is 0. The summed E-state index contributed by atoms with van der Waals surface area (Å²) in [7, 11) is 0. The van der Waals surface area contributed by atoms with E-state index in [2.05, 4.69) is 19.2 Å². The third-order valence-electron chi connectivity index (χ3n) is 3.10. The van der Waals surface area contributed by atoms with E-state index >= 15 is 0 Å². The highest BCUT2D eigenvalue weighted by Gasteiger charge is 2.27. The summed E-state index contributed by atoms with van der Waals surface area (Å²) in [5.41, 5.74) is 5.95. The number of amides is 1. The van der Waals surface area contributed by atoms with Gasteiger partial charge in [0.05, 0.1) is 6.04 Å². The summed E-state index contributed by atoms with van der Waals surface area (Å²) in [4.78, 5) is 11.3. The Labute approximate surface area is 86.4 Å². The van der Waals surface area contributed by atoms with Gasteiger partial charge in [0.1, 0.15) is 0 Å². The van der Waals surface area contributed by atoms with Crippen LogP contribution in [0, 0.1) is 5.41 Å². The molecule has 0 aromatic rings. The van der Waals surface area contributed by atoms with E-state index in [9.17, 15) is 4.79 Å². The highest BCUT2D eigenvalue weighted by Crippen LogP contribution is 2.34. The molecule has 14 heavy (non-hydrogen) atoms. The molecule has 3 N–H and O–H groups in total. The second-order valence-corrected chi connectivity index (χ2v) is 5.24. The van der Waals surface area contributed by atoms with Gasteiger partial charge in [-0.3, -0.25) is 4.79 Å². The molecule has 0 radical (unpaired) electrons. The van der Waals surface area contributed by atoms with E-state index in [0.717, 1.165) is 12.8 Å². The number of hydrogen-bond donors (Lipinski definition) is 2. The van der Waals surface area contributed by atoms with Crippen molar-refractivity contribution in [1.82, 2.24) is 5.32 Å². The molecule has 1 amide bonds. The van der Waals surface area contributed by atoms with Crippen LogP contribution in [0.15, 0.2) is 0 Å². The minimum Gasteiger partial charge on any atom is -0.352 e. The topological polar surface area (TPSA) is 55.1 Å². The van der Waals surface area contributed by atoms with Gasteiger partial charge in [-0.1, -0.05) is 13.8 Å². The molecule has 1 saturated carbocycles. The van der Waals surface area contributed by atoms with Crippen molar-refractivity contribution in [3.05, 3.63) is 0 Å². The molecule has 0 saturated heterocycles. The Hall–Kier alpha value is -0.570. The van der Waals surface area contributed by atoms with Gasteiger partial charge in [-0.15, -0.1) is 0 Å². The average molecular weight is 198 g/mol. The monoisotopic (exact) mass is 198 g/mol. The summed E-state index contributed by atoms with van der Waals surface area (Å²) in [5.74, 6) is -0.0188. The summed E-state index contributed by atoms with van der Waals surface area (Å²) < 4.78 is 0. The van der Waals surface area contributed by atoms with Crippen molar-refractivity contribution in [3.63, 3.8) is 0 Å². The zero-order valence-electron chi connectivity index (χ0n) is 9.47. The van der Waals surface area contributed by atoms with Crippen molar-refractivity contribution >= 4 is 5.91 Å². The average Bonchev–Trinajstić information content (AvgIpc) is 2.08. The molecule has 3 heteroatoms. The standard InChI is InChI=1S/C11H22N2O/c1-8(12)10(14)13-9-4-6-11(2,3)7-5-9/h8-9H,4-7,12H2,1-3H3,(H,13,14). The number of nitrogens with two attached hydrogens (primary N) is 1. The van der Waals surface area contributed by atoms with E-state index in [-0.39, 0.29) is 11.9 Å². The third-order valence-corrected chi connectivity index (χ3v) is 3.10. The SMILES string of the molecule is CC(N)C(=O)NC1CCC(C)(C)CC1. The minimum absolute atomic E-state index is 0.0188. The van der Waals surface area contributed by atoms with Crippen molar-refractivity contribution in [2.24, 2.45) is 11.1 Å². The first-order valence-electron chi connectivity index (χ1n) is 5.47. The lowest BCUT2D eigenvalue weighted by Crippen LogP contribution is -2.45. The van der Waals surface area contributed by atoms with Crippen molar-refractivity contribution < 1.29 is 4.79 Å². The van der Waals surface area contributed by atoms with Crippen LogP contribution in [0.2, 0.25) is 0 Å². The van der Waals surface area contributed by atoms with Crippen LogP contribution in [-0.2, 0) is 4.79 Å². The molecule has 1 fully saturated rings. The molecular formula is C11H22N2O. The molecule has 0 spiro atoms. The normalized spacial score (nSPS) is 24.3. The predicted octanol–water partition coefficient (Wildman–Crippen LogP) is 1.42. The van der Waals surface area contributed by atoms with Crippen LogP contribution in [0.4, 0.5) is 0 Å². The van der Waals surface area contributed by atoms with Gasteiger partial charge in [-0.05, 0) is 38.0 Å². The van der Waals surface area contributed by atoms with Crippen molar-refractivity contribution in [3.8, 4) is 0 Å². The maximum Gasteiger partial charge on any atom is 0.236 e. The van der Waals surface area contributed by atoms with Crippen LogP contribution in [0.3, 0.4) is 0 Å². The number of carbonyl (C=O) groups excluding carboxylic acids is 1. The largest absolute Gasteiger partial charge is 0.352 e. The second-order valence-electron chi connectivity index (χ2n) is 5.24. The Kier molecular flexibility index (Phi) is 3.53. The fourth-order valence-electron chi connectivity index (χ4n) is 1.88. The fourth-order valence-corrected chi connectivity index (χ4v) is 1.88. The number of carbonyl (C=O) groups is 1. The lowest BCUT2D eigenvalue weighted by Gasteiger charge is -2.34. The van der Waals surface area contributed by atoms with Crippen LogP contribution in [0.1, 0.15) is 46.5 Å². The number of nitrogens with one attached hydrogen (secondary N) is 1. The number of rotatable bonds is 2. The Morgan fingerprint density at radius 1 is 1.43 bits per heavy atom. The Morgan fingerprint density at radius 3 is 2.36 bits per heavy atom. The van der Waals surface area contributed by atoms with Crippen molar-refractivity contribution in [1.29, 1.82) is 0 Å². The second kappa shape index (κ2) is 4.30. The van der Waals surface area contributed by atoms with Crippen molar-refractivity contribution in [2.45, 2.75) is 58.5 Å². The third kappa shape index (κ3) is 3.29. The summed E-state index contributed by atoms with van der Waals surface area (Å²) in [6.07, 6.45) is 4.56. The molecular weight excluding hydrogens is 176 g/mol. The minimum atomic E-state index is -0.384. The summed E-state index contributed by atoms with van der Waals surface area (Å²) in [5, 5.41) is 2.99. The highest BCUT2D eigenvalue weighted by molar-refractivity contribution is 5.81. The van der Waals surface area contributed by atoms with Gasteiger partial charge in [-0.2, -0.15) is 0 Å². The fraction of sp³-hybridized carbons (Fsp3) is 0.909. The maximum atomic E-state index is 11.3. The zero-order chi connectivity index (χ0) is 10.8. The van der Waals surface area contributed by atoms with Crippen LogP contribution in [-0.4, -0.2) is 18.0 Å². The first-order valence-corrected chi connectivity index (χ1v) is 5.47. The van der Waals surface area contributed by atoms with Crippen LogP contribution >= 0.6 is 0 Å². The molecule has 0 heterocycles. The molecule has 1 rings (SSSR count). The molecule has 3 nitrogen and oxygen atoms in total. The van der Waals surface area contributed by atoms with E-state index in [1.165, 1.54) is 12.8 Å². The molecule has 0 aliphatic heterocycles. The summed E-state index contributed by atoms with van der Waals surface area (Å²) in [6, 6.07) is -0.0357. The van der Waals surface area contributed by atoms with E-state index in [0.29, 0.717) is 11.5 Å². The molecule has 0 bridgehead atoms. The zero-order valence-corrected chi connectivity index (χ0v) is 9.47. The summed E-state index contributed by atoms with van der Waals surface area (Å²) in [6.45, 7) is 6.30. The molecule has 0 aromatic carbocycles. The van der Waals surface area contributed by atoms with Crippen LogP contribution in [0.25, 0.3) is 0 Å². The molecule has 1 aliphatic carbocycles. The van der Waals surface area contributed by atoms with E-state index in [4.69, 9.17) is 5.73 Å². The Bertz CT molecular complexity index is 201. The quantitative estimate of drug-likeness (QED) is 0.705. The molecule has 1 atom stereocenters.